The Morgan fingerprint density at radius 2 is 2.18 bits per heavy atom. The van der Waals surface area contributed by atoms with E-state index in [1.165, 1.54) is 19.3 Å². The summed E-state index contributed by atoms with van der Waals surface area (Å²) in [7, 11) is 0. The van der Waals surface area contributed by atoms with E-state index in [1.807, 2.05) is 18.2 Å². The van der Waals surface area contributed by atoms with Crippen molar-refractivity contribution < 1.29 is 19.3 Å². The Morgan fingerprint density at radius 3 is 3.05 bits per heavy atom. The third kappa shape index (κ3) is 3.65. The number of likely N-dealkylation sites (tertiary alicyclic amines) is 1. The van der Waals surface area contributed by atoms with E-state index in [9.17, 15) is 5.11 Å². The lowest BCUT2D eigenvalue weighted by atomic mass is 10.00. The van der Waals surface area contributed by atoms with E-state index in [0.717, 1.165) is 18.7 Å². The number of ether oxygens (including phenoxy) is 3. The van der Waals surface area contributed by atoms with Gasteiger partial charge in [-0.05, 0) is 37.9 Å². The third-order valence-electron chi connectivity index (χ3n) is 4.45. The first-order chi connectivity index (χ1) is 10.8. The van der Waals surface area contributed by atoms with Crippen LogP contribution in [-0.2, 0) is 0 Å². The molecule has 5 heteroatoms. The Labute approximate surface area is 131 Å². The maximum absolute atomic E-state index is 10.2. The molecule has 1 fully saturated rings. The van der Waals surface area contributed by atoms with Gasteiger partial charge in [0, 0.05) is 18.7 Å². The number of rotatable bonds is 6. The van der Waals surface area contributed by atoms with E-state index < -0.39 is 6.10 Å². The highest BCUT2D eigenvalue weighted by Crippen LogP contribution is 2.35. The van der Waals surface area contributed by atoms with Crippen LogP contribution in [0.2, 0.25) is 0 Å². The second-order valence-corrected chi connectivity index (χ2v) is 6.03. The summed E-state index contributed by atoms with van der Waals surface area (Å²) in [5, 5.41) is 10.2. The Morgan fingerprint density at radius 1 is 1.32 bits per heavy atom. The minimum Gasteiger partial charge on any atom is -0.491 e. The number of β-amino-alcohol motifs (C(OH)–C–C–N with tert-alkyl or cyclic N) is 1. The molecule has 1 N–H and O–H groups in total. The fourth-order valence-electron chi connectivity index (χ4n) is 3.25. The van der Waals surface area contributed by atoms with Crippen LogP contribution >= 0.6 is 0 Å². The molecular weight excluding hydrogens is 282 g/mol. The molecule has 5 nitrogen and oxygen atoms in total. The molecule has 1 aromatic rings. The molecule has 0 radical (unpaired) electrons. The standard InChI is InChI=1S/C17H25NO4/c1-2-13-5-3-4-8-18(13)10-14(19)11-20-15-6-7-16-17(9-15)22-12-21-16/h6-7,9,13-14,19H,2-5,8,10-12H2,1H3/t13-,14-/m0/s1. The molecule has 0 spiro atoms. The van der Waals surface area contributed by atoms with E-state index in [-0.39, 0.29) is 6.79 Å². The lowest BCUT2D eigenvalue weighted by molar-refractivity contribution is 0.0387. The summed E-state index contributed by atoms with van der Waals surface area (Å²) in [6.45, 7) is 4.54. The largest absolute Gasteiger partial charge is 0.491 e. The molecule has 2 atom stereocenters. The highest BCUT2D eigenvalue weighted by atomic mass is 16.7. The maximum atomic E-state index is 10.2. The van der Waals surface area contributed by atoms with Gasteiger partial charge in [0.1, 0.15) is 18.5 Å². The van der Waals surface area contributed by atoms with Gasteiger partial charge in [0.15, 0.2) is 11.5 Å². The maximum Gasteiger partial charge on any atom is 0.231 e. The number of hydrogen-bond acceptors (Lipinski definition) is 5. The minimum atomic E-state index is -0.474. The summed E-state index contributed by atoms with van der Waals surface area (Å²) >= 11 is 0. The van der Waals surface area contributed by atoms with Crippen LogP contribution < -0.4 is 14.2 Å². The molecule has 0 amide bonds. The highest BCUT2D eigenvalue weighted by Gasteiger charge is 2.23. The van der Waals surface area contributed by atoms with Gasteiger partial charge in [-0.3, -0.25) is 4.90 Å². The fraction of sp³-hybridized carbons (Fsp3) is 0.647. The van der Waals surface area contributed by atoms with Gasteiger partial charge in [-0.2, -0.15) is 0 Å². The molecule has 0 saturated carbocycles. The van der Waals surface area contributed by atoms with E-state index in [1.54, 1.807) is 0 Å². The first-order valence-corrected chi connectivity index (χ1v) is 8.21. The lowest BCUT2D eigenvalue weighted by Crippen LogP contribution is -2.44. The monoisotopic (exact) mass is 307 g/mol. The third-order valence-corrected chi connectivity index (χ3v) is 4.45. The molecule has 2 heterocycles. The number of benzene rings is 1. The van der Waals surface area contributed by atoms with Gasteiger partial charge in [-0.15, -0.1) is 0 Å². The fourth-order valence-corrected chi connectivity index (χ4v) is 3.25. The Balaban J connectivity index is 1.48. The zero-order valence-electron chi connectivity index (χ0n) is 13.2. The summed E-state index contributed by atoms with van der Waals surface area (Å²) in [5.41, 5.74) is 0. The first kappa shape index (κ1) is 15.4. The van der Waals surface area contributed by atoms with E-state index in [2.05, 4.69) is 11.8 Å². The van der Waals surface area contributed by atoms with Crippen molar-refractivity contribution in [3.05, 3.63) is 18.2 Å². The number of nitrogens with zero attached hydrogens (tertiary/aromatic N) is 1. The van der Waals surface area contributed by atoms with Crippen LogP contribution in [0.3, 0.4) is 0 Å². The van der Waals surface area contributed by atoms with Crippen LogP contribution in [0.5, 0.6) is 17.2 Å². The van der Waals surface area contributed by atoms with Crippen molar-refractivity contribution in [2.75, 3.05) is 26.5 Å². The van der Waals surface area contributed by atoms with E-state index in [0.29, 0.717) is 30.7 Å². The molecular formula is C17H25NO4. The van der Waals surface area contributed by atoms with Gasteiger partial charge in [0.2, 0.25) is 6.79 Å². The van der Waals surface area contributed by atoms with Crippen LogP contribution in [0.25, 0.3) is 0 Å². The molecule has 1 saturated heterocycles. The van der Waals surface area contributed by atoms with Gasteiger partial charge in [-0.1, -0.05) is 13.3 Å². The predicted molar refractivity (Wildman–Crippen MR) is 83.6 cm³/mol. The molecule has 2 aliphatic heterocycles. The summed E-state index contributed by atoms with van der Waals surface area (Å²) in [4.78, 5) is 2.40. The van der Waals surface area contributed by atoms with E-state index >= 15 is 0 Å². The summed E-state index contributed by atoms with van der Waals surface area (Å²) in [5.74, 6) is 2.15. The first-order valence-electron chi connectivity index (χ1n) is 8.21. The molecule has 2 aliphatic rings. The summed E-state index contributed by atoms with van der Waals surface area (Å²) in [6, 6.07) is 6.09. The minimum absolute atomic E-state index is 0.259. The van der Waals surface area contributed by atoms with Gasteiger partial charge >= 0.3 is 0 Å². The second-order valence-electron chi connectivity index (χ2n) is 6.03. The highest BCUT2D eigenvalue weighted by molar-refractivity contribution is 5.46. The number of piperidine rings is 1. The summed E-state index contributed by atoms with van der Waals surface area (Å²) < 4.78 is 16.3. The Hall–Kier alpha value is -1.46. The van der Waals surface area contributed by atoms with Gasteiger partial charge in [0.25, 0.3) is 0 Å². The topological polar surface area (TPSA) is 51.2 Å². The van der Waals surface area contributed by atoms with Gasteiger partial charge < -0.3 is 19.3 Å². The van der Waals surface area contributed by atoms with Crippen molar-refractivity contribution >= 4 is 0 Å². The molecule has 3 rings (SSSR count). The molecule has 0 aliphatic carbocycles. The zero-order valence-corrected chi connectivity index (χ0v) is 13.2. The van der Waals surface area contributed by atoms with Crippen molar-refractivity contribution in [1.82, 2.24) is 4.90 Å². The zero-order chi connectivity index (χ0) is 15.4. The lowest BCUT2D eigenvalue weighted by Gasteiger charge is -2.36. The molecule has 22 heavy (non-hydrogen) atoms. The van der Waals surface area contributed by atoms with Gasteiger partial charge in [-0.25, -0.2) is 0 Å². The van der Waals surface area contributed by atoms with Crippen molar-refractivity contribution in [2.45, 2.75) is 44.8 Å². The van der Waals surface area contributed by atoms with Crippen LogP contribution in [0.1, 0.15) is 32.6 Å². The average Bonchev–Trinajstić information content (AvgIpc) is 3.01. The SMILES string of the molecule is CC[C@H]1CCCCN1C[C@H](O)COc1ccc2c(c1)OCO2. The molecule has 1 aromatic carbocycles. The molecule has 0 unspecified atom stereocenters. The average molecular weight is 307 g/mol. The molecule has 122 valence electrons. The Kier molecular flexibility index (Phi) is 5.05. The molecule has 0 bridgehead atoms. The van der Waals surface area contributed by atoms with Crippen molar-refractivity contribution in [3.8, 4) is 17.2 Å². The van der Waals surface area contributed by atoms with Crippen LogP contribution in [0.15, 0.2) is 18.2 Å². The number of aliphatic hydroxyl groups is 1. The predicted octanol–water partition coefficient (Wildman–Crippen LogP) is 2.42. The summed E-state index contributed by atoms with van der Waals surface area (Å²) in [6.07, 6.45) is 4.45. The van der Waals surface area contributed by atoms with Crippen molar-refractivity contribution in [1.29, 1.82) is 0 Å². The normalized spacial score (nSPS) is 22.5. The van der Waals surface area contributed by atoms with Crippen LogP contribution in [-0.4, -0.2) is 48.6 Å². The van der Waals surface area contributed by atoms with Crippen molar-refractivity contribution in [2.24, 2.45) is 0 Å². The quantitative estimate of drug-likeness (QED) is 0.875. The van der Waals surface area contributed by atoms with Crippen molar-refractivity contribution in [3.63, 3.8) is 0 Å². The number of aliphatic hydroxyl groups excluding tert-OH is 1. The van der Waals surface area contributed by atoms with E-state index in [4.69, 9.17) is 14.2 Å². The molecule has 0 aromatic heterocycles. The van der Waals surface area contributed by atoms with Crippen LogP contribution in [0.4, 0.5) is 0 Å². The Bertz CT molecular complexity index is 494. The smallest absolute Gasteiger partial charge is 0.231 e. The van der Waals surface area contributed by atoms with Crippen LogP contribution in [0, 0.1) is 0 Å². The number of hydrogen-bond donors (Lipinski definition) is 1. The van der Waals surface area contributed by atoms with Gasteiger partial charge in [0.05, 0.1) is 0 Å². The second kappa shape index (κ2) is 7.20. The number of fused-ring (bicyclic) bond motifs is 1.